The van der Waals surface area contributed by atoms with Gasteiger partial charge in [0.2, 0.25) is 10.0 Å². The molecule has 0 saturated carbocycles. The van der Waals surface area contributed by atoms with Crippen LogP contribution in [0.3, 0.4) is 0 Å². The summed E-state index contributed by atoms with van der Waals surface area (Å²) in [6, 6.07) is 0. The molecule has 0 atom stereocenters. The Balaban J connectivity index is 3.32. The highest BCUT2D eigenvalue weighted by atomic mass is 35.5. The molecule has 0 spiro atoms. The van der Waals surface area contributed by atoms with Crippen LogP contribution in [0.25, 0.3) is 0 Å². The minimum atomic E-state index is -3.72. The van der Waals surface area contributed by atoms with Gasteiger partial charge in [0.25, 0.3) is 0 Å². The van der Waals surface area contributed by atoms with E-state index in [9.17, 15) is 8.42 Å². The van der Waals surface area contributed by atoms with Crippen molar-refractivity contribution in [2.75, 3.05) is 0 Å². The minimum absolute atomic E-state index is 0.0671. The van der Waals surface area contributed by atoms with E-state index < -0.39 is 10.0 Å². The largest absolute Gasteiger partial charge is 0.266 e. The first kappa shape index (κ1) is 7.52. The normalized spacial score (nSPS) is 11.8. The van der Waals surface area contributed by atoms with E-state index in [2.05, 4.69) is 10.2 Å². The summed E-state index contributed by atoms with van der Waals surface area (Å²) in [7, 11) is -3.72. The van der Waals surface area contributed by atoms with Gasteiger partial charge in [-0.3, -0.25) is 5.10 Å². The number of aromatic nitrogens is 2. The Morgan fingerprint density at radius 3 is 2.50 bits per heavy atom. The van der Waals surface area contributed by atoms with Gasteiger partial charge < -0.3 is 0 Å². The topological polar surface area (TPSA) is 88.8 Å². The fourth-order valence-corrected chi connectivity index (χ4v) is 1.37. The van der Waals surface area contributed by atoms with Crippen LogP contribution in [0, 0.1) is 0 Å². The Morgan fingerprint density at radius 1 is 1.70 bits per heavy atom. The lowest BCUT2D eigenvalue weighted by atomic mass is 10.7. The zero-order chi connectivity index (χ0) is 7.78. The SMILES string of the molecule is NS(=O)(=O)c1cn[nH]c1Cl. The lowest BCUT2D eigenvalue weighted by Gasteiger charge is -1.89. The number of rotatable bonds is 1. The molecular weight excluding hydrogens is 178 g/mol. The summed E-state index contributed by atoms with van der Waals surface area (Å²) in [5.74, 6) is 0. The third kappa shape index (κ3) is 1.28. The molecule has 5 nitrogen and oxygen atoms in total. The second kappa shape index (κ2) is 2.22. The third-order valence-electron chi connectivity index (χ3n) is 0.867. The molecule has 0 aliphatic rings. The summed E-state index contributed by atoms with van der Waals surface area (Å²) in [5.41, 5.74) is 0. The maximum Gasteiger partial charge on any atom is 0.242 e. The molecule has 0 bridgehead atoms. The van der Waals surface area contributed by atoms with Crippen molar-refractivity contribution in [1.29, 1.82) is 0 Å². The number of H-pyrrole nitrogens is 1. The van der Waals surface area contributed by atoms with Crippen LogP contribution < -0.4 is 5.14 Å². The van der Waals surface area contributed by atoms with Crippen LogP contribution in [0.4, 0.5) is 0 Å². The third-order valence-corrected chi connectivity index (χ3v) is 2.19. The first-order valence-corrected chi connectivity index (χ1v) is 4.16. The zero-order valence-corrected chi connectivity index (χ0v) is 6.28. The van der Waals surface area contributed by atoms with Crippen molar-refractivity contribution in [2.45, 2.75) is 4.90 Å². The van der Waals surface area contributed by atoms with Gasteiger partial charge in [0, 0.05) is 0 Å². The number of hydrogen-bond acceptors (Lipinski definition) is 3. The fraction of sp³-hybridized carbons (Fsp3) is 0. The molecule has 1 aromatic heterocycles. The van der Waals surface area contributed by atoms with Crippen molar-refractivity contribution >= 4 is 21.6 Å². The fourth-order valence-electron chi connectivity index (χ4n) is 0.458. The number of nitrogens with two attached hydrogens (primary N) is 1. The van der Waals surface area contributed by atoms with E-state index in [1.807, 2.05) is 0 Å². The summed E-state index contributed by atoms with van der Waals surface area (Å²) in [5, 5.41) is 10.3. The van der Waals surface area contributed by atoms with Gasteiger partial charge in [-0.1, -0.05) is 11.6 Å². The highest BCUT2D eigenvalue weighted by molar-refractivity contribution is 7.89. The Hall–Kier alpha value is -0.590. The van der Waals surface area contributed by atoms with E-state index >= 15 is 0 Å². The average molecular weight is 182 g/mol. The van der Waals surface area contributed by atoms with E-state index in [4.69, 9.17) is 16.7 Å². The summed E-state index contributed by atoms with van der Waals surface area (Å²) in [6.07, 6.45) is 1.05. The Labute approximate surface area is 62.2 Å². The van der Waals surface area contributed by atoms with Crippen LogP contribution in [0.2, 0.25) is 5.15 Å². The van der Waals surface area contributed by atoms with Gasteiger partial charge in [-0.15, -0.1) is 0 Å². The predicted molar refractivity (Wildman–Crippen MR) is 35.0 cm³/mol. The summed E-state index contributed by atoms with van der Waals surface area (Å²) in [4.78, 5) is -0.186. The molecule has 7 heteroatoms. The van der Waals surface area contributed by atoms with Crippen LogP contribution in [0.15, 0.2) is 11.1 Å². The van der Waals surface area contributed by atoms with Crippen molar-refractivity contribution in [3.63, 3.8) is 0 Å². The molecule has 0 aliphatic heterocycles. The Bertz CT molecular complexity index is 329. The lowest BCUT2D eigenvalue weighted by Crippen LogP contribution is -2.11. The van der Waals surface area contributed by atoms with Crippen molar-refractivity contribution in [3.05, 3.63) is 11.3 Å². The molecule has 0 radical (unpaired) electrons. The standard InChI is InChI=1S/C3H4ClN3O2S/c4-3-2(1-6-7-3)10(5,8)9/h1H,(H,6,7)(H2,5,8,9). The van der Waals surface area contributed by atoms with Gasteiger partial charge in [0.05, 0.1) is 6.20 Å². The van der Waals surface area contributed by atoms with Gasteiger partial charge in [0.15, 0.2) is 0 Å². The molecule has 0 aromatic carbocycles. The van der Waals surface area contributed by atoms with Gasteiger partial charge in [-0.2, -0.15) is 5.10 Å². The number of sulfonamides is 1. The molecule has 0 fully saturated rings. The minimum Gasteiger partial charge on any atom is -0.266 e. The quantitative estimate of drug-likeness (QED) is 0.624. The maximum atomic E-state index is 10.5. The zero-order valence-electron chi connectivity index (χ0n) is 4.70. The number of hydrogen-bond donors (Lipinski definition) is 2. The van der Waals surface area contributed by atoms with E-state index in [1.54, 1.807) is 0 Å². The smallest absolute Gasteiger partial charge is 0.242 e. The summed E-state index contributed by atoms with van der Waals surface area (Å²) < 4.78 is 21.1. The molecule has 56 valence electrons. The molecule has 10 heavy (non-hydrogen) atoms. The highest BCUT2D eigenvalue weighted by Crippen LogP contribution is 2.14. The van der Waals surface area contributed by atoms with Crippen molar-refractivity contribution in [1.82, 2.24) is 10.2 Å². The summed E-state index contributed by atoms with van der Waals surface area (Å²) >= 11 is 5.35. The average Bonchev–Trinajstić information content (AvgIpc) is 2.11. The van der Waals surface area contributed by atoms with E-state index in [1.165, 1.54) is 0 Å². The van der Waals surface area contributed by atoms with E-state index in [-0.39, 0.29) is 10.0 Å². The van der Waals surface area contributed by atoms with Crippen LogP contribution in [0.5, 0.6) is 0 Å². The van der Waals surface area contributed by atoms with Gasteiger partial charge >= 0.3 is 0 Å². The number of aromatic amines is 1. The van der Waals surface area contributed by atoms with E-state index in [0.29, 0.717) is 0 Å². The van der Waals surface area contributed by atoms with Crippen LogP contribution in [-0.2, 0) is 10.0 Å². The number of nitrogens with one attached hydrogen (secondary N) is 1. The Kier molecular flexibility index (Phi) is 1.67. The van der Waals surface area contributed by atoms with Gasteiger partial charge in [-0.05, 0) is 0 Å². The molecule has 0 saturated heterocycles. The predicted octanol–water partition coefficient (Wildman–Crippen LogP) is -0.289. The van der Waals surface area contributed by atoms with Crippen LogP contribution >= 0.6 is 11.6 Å². The van der Waals surface area contributed by atoms with Crippen LogP contribution in [-0.4, -0.2) is 18.6 Å². The molecule has 1 aromatic rings. The van der Waals surface area contributed by atoms with Crippen molar-refractivity contribution in [2.24, 2.45) is 5.14 Å². The second-order valence-electron chi connectivity index (χ2n) is 1.59. The molecule has 1 heterocycles. The van der Waals surface area contributed by atoms with Gasteiger partial charge in [0.1, 0.15) is 10.0 Å². The molecule has 0 unspecified atom stereocenters. The second-order valence-corrected chi connectivity index (χ2v) is 3.50. The molecule has 0 amide bonds. The van der Waals surface area contributed by atoms with Gasteiger partial charge in [-0.25, -0.2) is 13.6 Å². The number of halogens is 1. The van der Waals surface area contributed by atoms with Crippen LogP contribution in [0.1, 0.15) is 0 Å². The van der Waals surface area contributed by atoms with E-state index in [0.717, 1.165) is 6.20 Å². The number of nitrogens with zero attached hydrogens (tertiary/aromatic N) is 1. The number of primary sulfonamides is 1. The first-order chi connectivity index (χ1) is 4.52. The Morgan fingerprint density at radius 2 is 2.30 bits per heavy atom. The lowest BCUT2D eigenvalue weighted by molar-refractivity contribution is 0.598. The maximum absolute atomic E-state index is 10.5. The monoisotopic (exact) mass is 181 g/mol. The molecular formula is C3H4ClN3O2S. The first-order valence-electron chi connectivity index (χ1n) is 2.23. The molecule has 3 N–H and O–H groups in total. The molecule has 0 aliphatic carbocycles. The summed E-state index contributed by atoms with van der Waals surface area (Å²) in [6.45, 7) is 0. The molecule has 1 rings (SSSR count). The highest BCUT2D eigenvalue weighted by Gasteiger charge is 2.13. The van der Waals surface area contributed by atoms with Crippen molar-refractivity contribution < 1.29 is 8.42 Å². The van der Waals surface area contributed by atoms with Crippen molar-refractivity contribution in [3.8, 4) is 0 Å².